The molecule has 1 saturated heterocycles. The van der Waals surface area contributed by atoms with E-state index in [0.717, 1.165) is 22.8 Å². The molecule has 0 saturated carbocycles. The Morgan fingerprint density at radius 2 is 2.40 bits per heavy atom. The van der Waals surface area contributed by atoms with Crippen LogP contribution in [-0.2, 0) is 0 Å². The highest BCUT2D eigenvalue weighted by atomic mass is 79.9. The largest absolute Gasteiger partial charge is 0.356 e. The van der Waals surface area contributed by atoms with Gasteiger partial charge in [0.15, 0.2) is 0 Å². The standard InChI is InChI=1S/C12H17BrN2/c1-3-10-4-5-15(8-10)12-6-9(2)11(13)7-14-12/h6-7,10H,3-5,8H2,1-2H3. The molecule has 1 aliphatic rings. The van der Waals surface area contributed by atoms with E-state index in [1.54, 1.807) is 0 Å². The van der Waals surface area contributed by atoms with Crippen molar-refractivity contribution in [2.24, 2.45) is 5.92 Å². The molecule has 3 heteroatoms. The summed E-state index contributed by atoms with van der Waals surface area (Å²) in [5.74, 6) is 1.99. The first-order chi connectivity index (χ1) is 7.20. The fraction of sp³-hybridized carbons (Fsp3) is 0.583. The fourth-order valence-corrected chi connectivity index (χ4v) is 2.29. The molecule has 0 amide bonds. The van der Waals surface area contributed by atoms with Gasteiger partial charge in [0.25, 0.3) is 0 Å². The number of anilines is 1. The lowest BCUT2D eigenvalue weighted by Crippen LogP contribution is -2.20. The molecule has 2 rings (SSSR count). The van der Waals surface area contributed by atoms with Crippen molar-refractivity contribution in [3.8, 4) is 0 Å². The van der Waals surface area contributed by atoms with Crippen LogP contribution in [0.4, 0.5) is 5.82 Å². The lowest BCUT2D eigenvalue weighted by atomic mass is 10.1. The topological polar surface area (TPSA) is 16.1 Å². The molecule has 1 atom stereocenters. The molecule has 2 nitrogen and oxygen atoms in total. The first kappa shape index (κ1) is 10.9. The van der Waals surface area contributed by atoms with E-state index in [2.05, 4.69) is 45.7 Å². The smallest absolute Gasteiger partial charge is 0.128 e. The Labute approximate surface area is 99.8 Å². The summed E-state index contributed by atoms with van der Waals surface area (Å²) < 4.78 is 1.09. The second kappa shape index (κ2) is 4.52. The first-order valence-electron chi connectivity index (χ1n) is 5.57. The van der Waals surface area contributed by atoms with Crippen LogP contribution in [-0.4, -0.2) is 18.1 Å². The van der Waals surface area contributed by atoms with Gasteiger partial charge in [0, 0.05) is 23.8 Å². The van der Waals surface area contributed by atoms with Gasteiger partial charge in [0.2, 0.25) is 0 Å². The molecule has 1 aromatic rings. The second-order valence-electron chi connectivity index (χ2n) is 4.30. The van der Waals surface area contributed by atoms with Gasteiger partial charge in [-0.15, -0.1) is 0 Å². The van der Waals surface area contributed by atoms with Gasteiger partial charge in [0.05, 0.1) is 0 Å². The minimum absolute atomic E-state index is 0.857. The summed E-state index contributed by atoms with van der Waals surface area (Å²) >= 11 is 3.48. The summed E-state index contributed by atoms with van der Waals surface area (Å²) in [6.45, 7) is 6.72. The summed E-state index contributed by atoms with van der Waals surface area (Å²) in [7, 11) is 0. The Morgan fingerprint density at radius 1 is 1.60 bits per heavy atom. The van der Waals surface area contributed by atoms with Crippen LogP contribution in [0.15, 0.2) is 16.7 Å². The summed E-state index contributed by atoms with van der Waals surface area (Å²) in [5, 5.41) is 0. The van der Waals surface area contributed by atoms with Crippen molar-refractivity contribution in [2.75, 3.05) is 18.0 Å². The third-order valence-corrected chi connectivity index (χ3v) is 4.05. The fourth-order valence-electron chi connectivity index (χ4n) is 2.07. The monoisotopic (exact) mass is 268 g/mol. The van der Waals surface area contributed by atoms with Crippen molar-refractivity contribution >= 4 is 21.7 Å². The molecule has 0 N–H and O–H groups in total. The number of aryl methyl sites for hydroxylation is 1. The maximum Gasteiger partial charge on any atom is 0.128 e. The van der Waals surface area contributed by atoms with E-state index < -0.39 is 0 Å². The van der Waals surface area contributed by atoms with E-state index in [0.29, 0.717) is 0 Å². The molecule has 1 fully saturated rings. The number of halogens is 1. The van der Waals surface area contributed by atoms with Gasteiger partial charge in [-0.05, 0) is 46.8 Å². The van der Waals surface area contributed by atoms with Crippen LogP contribution in [0.2, 0.25) is 0 Å². The SMILES string of the molecule is CCC1CCN(c2cc(C)c(Br)cn2)C1. The van der Waals surface area contributed by atoms with E-state index in [9.17, 15) is 0 Å². The zero-order chi connectivity index (χ0) is 10.8. The summed E-state index contributed by atoms with van der Waals surface area (Å²) in [4.78, 5) is 6.87. The molecule has 1 aromatic heterocycles. The lowest BCUT2D eigenvalue weighted by Gasteiger charge is -2.17. The molecule has 0 spiro atoms. The number of nitrogens with zero attached hydrogens (tertiary/aromatic N) is 2. The molecular formula is C12H17BrN2. The summed E-state index contributed by atoms with van der Waals surface area (Å²) in [6.07, 6.45) is 4.50. The Hall–Kier alpha value is -0.570. The van der Waals surface area contributed by atoms with Crippen molar-refractivity contribution < 1.29 is 0 Å². The molecule has 0 aliphatic carbocycles. The second-order valence-corrected chi connectivity index (χ2v) is 5.15. The molecule has 2 heterocycles. The highest BCUT2D eigenvalue weighted by Crippen LogP contribution is 2.26. The summed E-state index contributed by atoms with van der Waals surface area (Å²) in [5.41, 5.74) is 1.26. The van der Waals surface area contributed by atoms with Crippen LogP contribution < -0.4 is 4.90 Å². The van der Waals surface area contributed by atoms with Crippen molar-refractivity contribution in [3.63, 3.8) is 0 Å². The van der Waals surface area contributed by atoms with Gasteiger partial charge >= 0.3 is 0 Å². The van der Waals surface area contributed by atoms with Crippen LogP contribution >= 0.6 is 15.9 Å². The molecular weight excluding hydrogens is 252 g/mol. The summed E-state index contributed by atoms with van der Waals surface area (Å²) in [6, 6.07) is 2.17. The quantitative estimate of drug-likeness (QED) is 0.818. The van der Waals surface area contributed by atoms with E-state index >= 15 is 0 Å². The zero-order valence-electron chi connectivity index (χ0n) is 9.33. The number of aromatic nitrogens is 1. The first-order valence-corrected chi connectivity index (χ1v) is 6.37. The molecule has 0 radical (unpaired) electrons. The molecule has 15 heavy (non-hydrogen) atoms. The third-order valence-electron chi connectivity index (χ3n) is 3.22. The Kier molecular flexibility index (Phi) is 3.29. The average molecular weight is 269 g/mol. The lowest BCUT2D eigenvalue weighted by molar-refractivity contribution is 0.568. The maximum atomic E-state index is 4.47. The van der Waals surface area contributed by atoms with Crippen LogP contribution in [0.1, 0.15) is 25.3 Å². The van der Waals surface area contributed by atoms with Gasteiger partial charge in [-0.2, -0.15) is 0 Å². The third kappa shape index (κ3) is 2.33. The van der Waals surface area contributed by atoms with Gasteiger partial charge in [-0.1, -0.05) is 13.3 Å². The van der Waals surface area contributed by atoms with Gasteiger partial charge in [-0.3, -0.25) is 0 Å². The minimum atomic E-state index is 0.857. The Bertz CT molecular complexity index is 351. The predicted octanol–water partition coefficient (Wildman–Crippen LogP) is 3.39. The van der Waals surface area contributed by atoms with Crippen LogP contribution in [0.25, 0.3) is 0 Å². The van der Waals surface area contributed by atoms with Crippen molar-refractivity contribution in [1.82, 2.24) is 4.98 Å². The van der Waals surface area contributed by atoms with Crippen LogP contribution in [0.3, 0.4) is 0 Å². The van der Waals surface area contributed by atoms with Crippen molar-refractivity contribution in [2.45, 2.75) is 26.7 Å². The van der Waals surface area contributed by atoms with E-state index in [-0.39, 0.29) is 0 Å². The van der Waals surface area contributed by atoms with Crippen molar-refractivity contribution in [1.29, 1.82) is 0 Å². The predicted molar refractivity (Wildman–Crippen MR) is 67.3 cm³/mol. The van der Waals surface area contributed by atoms with Gasteiger partial charge in [0.1, 0.15) is 5.82 Å². The molecule has 1 unspecified atom stereocenters. The highest BCUT2D eigenvalue weighted by Gasteiger charge is 2.21. The Balaban J connectivity index is 2.13. The normalized spacial score (nSPS) is 21.0. The maximum absolute atomic E-state index is 4.47. The van der Waals surface area contributed by atoms with E-state index in [1.165, 1.54) is 24.9 Å². The molecule has 1 aliphatic heterocycles. The van der Waals surface area contributed by atoms with E-state index in [1.807, 2.05) is 6.20 Å². The average Bonchev–Trinajstić information content (AvgIpc) is 2.70. The highest BCUT2D eigenvalue weighted by molar-refractivity contribution is 9.10. The van der Waals surface area contributed by atoms with Crippen LogP contribution in [0, 0.1) is 12.8 Å². The minimum Gasteiger partial charge on any atom is -0.356 e. The van der Waals surface area contributed by atoms with E-state index in [4.69, 9.17) is 0 Å². The molecule has 0 bridgehead atoms. The number of pyridine rings is 1. The Morgan fingerprint density at radius 3 is 3.00 bits per heavy atom. The number of hydrogen-bond donors (Lipinski definition) is 0. The molecule has 82 valence electrons. The van der Waals surface area contributed by atoms with Gasteiger partial charge < -0.3 is 4.90 Å². The zero-order valence-corrected chi connectivity index (χ0v) is 10.9. The molecule has 0 aromatic carbocycles. The van der Waals surface area contributed by atoms with Gasteiger partial charge in [-0.25, -0.2) is 4.98 Å². The number of hydrogen-bond acceptors (Lipinski definition) is 2. The van der Waals surface area contributed by atoms with Crippen molar-refractivity contribution in [3.05, 3.63) is 22.3 Å². The number of rotatable bonds is 2. The van der Waals surface area contributed by atoms with Crippen LogP contribution in [0.5, 0.6) is 0 Å².